The second-order valence-electron chi connectivity index (χ2n) is 4.58. The summed E-state index contributed by atoms with van der Waals surface area (Å²) in [6, 6.07) is 4.37. The summed E-state index contributed by atoms with van der Waals surface area (Å²) in [4.78, 5) is 22.5. The van der Waals surface area contributed by atoms with Crippen LogP contribution in [0.2, 0.25) is 0 Å². The fourth-order valence-corrected chi connectivity index (χ4v) is 2.14. The molecular formula is C13H17N3O4. The quantitative estimate of drug-likeness (QED) is 0.630. The minimum Gasteiger partial charge on any atom is -0.388 e. The van der Waals surface area contributed by atoms with Gasteiger partial charge in [0, 0.05) is 32.0 Å². The van der Waals surface area contributed by atoms with Crippen LogP contribution < -0.4 is 10.6 Å². The number of carbonyl (C=O) groups is 1. The lowest BCUT2D eigenvalue weighted by Gasteiger charge is -2.11. The number of hydrogen-bond acceptors (Lipinski definition) is 5. The molecule has 1 unspecified atom stereocenters. The highest BCUT2D eigenvalue weighted by Crippen LogP contribution is 2.22. The minimum atomic E-state index is -0.555. The van der Waals surface area contributed by atoms with E-state index < -0.39 is 10.8 Å². The van der Waals surface area contributed by atoms with E-state index in [-0.39, 0.29) is 17.4 Å². The van der Waals surface area contributed by atoms with Gasteiger partial charge >= 0.3 is 0 Å². The van der Waals surface area contributed by atoms with Crippen LogP contribution in [0.15, 0.2) is 18.2 Å². The van der Waals surface area contributed by atoms with Gasteiger partial charge in [0.25, 0.3) is 11.6 Å². The van der Waals surface area contributed by atoms with E-state index in [1.165, 1.54) is 12.1 Å². The van der Waals surface area contributed by atoms with Gasteiger partial charge in [-0.1, -0.05) is 0 Å². The molecule has 1 aliphatic rings. The van der Waals surface area contributed by atoms with E-state index in [2.05, 4.69) is 10.6 Å². The van der Waals surface area contributed by atoms with E-state index in [9.17, 15) is 14.9 Å². The maximum Gasteiger partial charge on any atom is 0.282 e. The number of amides is 1. The zero-order valence-corrected chi connectivity index (χ0v) is 11.2. The number of hydrogen-bond donors (Lipinski definition) is 2. The van der Waals surface area contributed by atoms with E-state index in [1.54, 1.807) is 13.1 Å². The number of ether oxygens (including phenoxy) is 1. The molecule has 20 heavy (non-hydrogen) atoms. The number of rotatable bonds is 5. The summed E-state index contributed by atoms with van der Waals surface area (Å²) >= 11 is 0. The molecule has 1 amide bonds. The number of benzene rings is 1. The summed E-state index contributed by atoms with van der Waals surface area (Å²) in [5.74, 6) is -0.454. The predicted octanol–water partition coefficient (Wildman–Crippen LogP) is 1.55. The summed E-state index contributed by atoms with van der Waals surface area (Å²) < 4.78 is 5.40. The van der Waals surface area contributed by atoms with Crippen LogP contribution in [0.4, 0.5) is 11.4 Å². The first kappa shape index (κ1) is 14.3. The van der Waals surface area contributed by atoms with Crippen LogP contribution in [0.3, 0.4) is 0 Å². The number of nitro groups is 1. The first-order chi connectivity index (χ1) is 9.61. The Morgan fingerprint density at radius 1 is 1.55 bits per heavy atom. The highest BCUT2D eigenvalue weighted by Gasteiger charge is 2.22. The molecule has 1 heterocycles. The molecule has 0 aliphatic carbocycles. The predicted molar refractivity (Wildman–Crippen MR) is 74.0 cm³/mol. The average molecular weight is 279 g/mol. The Bertz CT molecular complexity index is 512. The van der Waals surface area contributed by atoms with E-state index in [0.29, 0.717) is 18.8 Å². The first-order valence-corrected chi connectivity index (χ1v) is 6.48. The number of anilines is 1. The van der Waals surface area contributed by atoms with E-state index in [4.69, 9.17) is 4.74 Å². The maximum absolute atomic E-state index is 12.1. The summed E-state index contributed by atoms with van der Waals surface area (Å²) in [6.07, 6.45) is 1.89. The Hall–Kier alpha value is -2.15. The van der Waals surface area contributed by atoms with E-state index in [1.807, 2.05) is 0 Å². The molecule has 0 radical (unpaired) electrons. The van der Waals surface area contributed by atoms with Gasteiger partial charge in [0.05, 0.1) is 11.0 Å². The van der Waals surface area contributed by atoms with E-state index >= 15 is 0 Å². The molecule has 1 aromatic rings. The molecule has 1 saturated heterocycles. The largest absolute Gasteiger partial charge is 0.388 e. The van der Waals surface area contributed by atoms with Crippen LogP contribution in [-0.2, 0) is 4.74 Å². The Morgan fingerprint density at radius 3 is 2.95 bits per heavy atom. The fourth-order valence-electron chi connectivity index (χ4n) is 2.14. The van der Waals surface area contributed by atoms with Crippen molar-refractivity contribution in [3.8, 4) is 0 Å². The van der Waals surface area contributed by atoms with Crippen molar-refractivity contribution in [2.75, 3.05) is 25.5 Å². The van der Waals surface area contributed by atoms with Gasteiger partial charge in [-0.2, -0.15) is 0 Å². The molecule has 108 valence electrons. The van der Waals surface area contributed by atoms with Crippen LogP contribution in [0.25, 0.3) is 0 Å². The van der Waals surface area contributed by atoms with Crippen molar-refractivity contribution in [1.29, 1.82) is 0 Å². The fraction of sp³-hybridized carbons (Fsp3) is 0.462. The smallest absolute Gasteiger partial charge is 0.282 e. The van der Waals surface area contributed by atoms with Gasteiger partial charge in [-0.05, 0) is 25.0 Å². The highest BCUT2D eigenvalue weighted by atomic mass is 16.6. The lowest BCUT2D eigenvalue weighted by Crippen LogP contribution is -2.32. The monoisotopic (exact) mass is 279 g/mol. The average Bonchev–Trinajstić information content (AvgIpc) is 2.97. The molecule has 7 nitrogen and oxygen atoms in total. The topological polar surface area (TPSA) is 93.5 Å². The number of nitro benzene ring substituents is 1. The SMILES string of the molecule is CNc1ccc([N+](=O)[O-])c(C(=O)NCC2CCCO2)c1. The van der Waals surface area contributed by atoms with Crippen molar-refractivity contribution in [2.24, 2.45) is 0 Å². The number of nitrogens with zero attached hydrogens (tertiary/aromatic N) is 1. The molecule has 0 aromatic heterocycles. The van der Waals surface area contributed by atoms with Gasteiger partial charge in [0.1, 0.15) is 5.56 Å². The Labute approximate surface area is 116 Å². The number of carbonyl (C=O) groups excluding carboxylic acids is 1. The molecule has 0 bridgehead atoms. The molecule has 2 rings (SSSR count). The minimum absolute atomic E-state index is 0.00508. The van der Waals surface area contributed by atoms with Crippen LogP contribution >= 0.6 is 0 Å². The first-order valence-electron chi connectivity index (χ1n) is 6.48. The third-order valence-electron chi connectivity index (χ3n) is 3.24. The second-order valence-corrected chi connectivity index (χ2v) is 4.58. The molecule has 1 atom stereocenters. The van der Waals surface area contributed by atoms with Crippen molar-refractivity contribution >= 4 is 17.3 Å². The van der Waals surface area contributed by atoms with Crippen LogP contribution in [0.1, 0.15) is 23.2 Å². The summed E-state index contributed by atoms with van der Waals surface area (Å²) in [5, 5.41) is 16.5. The summed E-state index contributed by atoms with van der Waals surface area (Å²) in [7, 11) is 1.69. The summed E-state index contributed by atoms with van der Waals surface area (Å²) in [5.41, 5.74) is 0.506. The lowest BCUT2D eigenvalue weighted by atomic mass is 10.1. The van der Waals surface area contributed by atoms with Crippen molar-refractivity contribution < 1.29 is 14.5 Å². The number of nitrogens with one attached hydrogen (secondary N) is 2. The van der Waals surface area contributed by atoms with E-state index in [0.717, 1.165) is 12.8 Å². The standard InChI is InChI=1S/C13H17N3O4/c1-14-9-4-5-12(16(18)19)11(7-9)13(17)15-8-10-3-2-6-20-10/h4-5,7,10,14H,2-3,6,8H2,1H3,(H,15,17). The molecular weight excluding hydrogens is 262 g/mol. The van der Waals surface area contributed by atoms with Crippen molar-refractivity contribution in [3.63, 3.8) is 0 Å². The third kappa shape index (κ3) is 3.24. The van der Waals surface area contributed by atoms with Gasteiger partial charge in [-0.15, -0.1) is 0 Å². The van der Waals surface area contributed by atoms with Gasteiger partial charge < -0.3 is 15.4 Å². The van der Waals surface area contributed by atoms with Crippen LogP contribution in [-0.4, -0.2) is 37.1 Å². The molecule has 0 saturated carbocycles. The Balaban J connectivity index is 2.11. The molecule has 2 N–H and O–H groups in total. The van der Waals surface area contributed by atoms with Gasteiger partial charge in [-0.25, -0.2) is 0 Å². The zero-order chi connectivity index (χ0) is 14.5. The molecule has 7 heteroatoms. The zero-order valence-electron chi connectivity index (χ0n) is 11.2. The maximum atomic E-state index is 12.1. The Kier molecular flexibility index (Phi) is 4.52. The molecule has 0 spiro atoms. The molecule has 1 fully saturated rings. The van der Waals surface area contributed by atoms with Crippen LogP contribution in [0.5, 0.6) is 0 Å². The molecule has 1 aliphatic heterocycles. The lowest BCUT2D eigenvalue weighted by molar-refractivity contribution is -0.385. The molecule has 1 aromatic carbocycles. The van der Waals surface area contributed by atoms with Gasteiger partial charge in [0.15, 0.2) is 0 Å². The summed E-state index contributed by atoms with van der Waals surface area (Å²) in [6.45, 7) is 1.08. The van der Waals surface area contributed by atoms with Crippen molar-refractivity contribution in [2.45, 2.75) is 18.9 Å². The third-order valence-corrected chi connectivity index (χ3v) is 3.24. The van der Waals surface area contributed by atoms with Crippen molar-refractivity contribution in [1.82, 2.24) is 5.32 Å². The van der Waals surface area contributed by atoms with Gasteiger partial charge in [-0.3, -0.25) is 14.9 Å². The van der Waals surface area contributed by atoms with Crippen LogP contribution in [0, 0.1) is 10.1 Å². The second kappa shape index (κ2) is 6.33. The van der Waals surface area contributed by atoms with Crippen molar-refractivity contribution in [3.05, 3.63) is 33.9 Å². The van der Waals surface area contributed by atoms with Gasteiger partial charge in [0.2, 0.25) is 0 Å². The Morgan fingerprint density at radius 2 is 2.35 bits per heavy atom. The normalized spacial score (nSPS) is 17.8. The highest BCUT2D eigenvalue weighted by molar-refractivity contribution is 5.99.